The Kier molecular flexibility index (Phi) is 3.95. The molecule has 1 aliphatic heterocycles. The molecule has 2 rings (SSSR count). The first kappa shape index (κ1) is 10.9. The average molecular weight is 221 g/mol. The molecular formula is C13H19NS. The number of thioether (sulfide) groups is 1. The molecule has 82 valence electrons. The van der Waals surface area contributed by atoms with E-state index in [0.717, 1.165) is 0 Å². The number of hydrogen-bond acceptors (Lipinski definition) is 2. The van der Waals surface area contributed by atoms with Crippen molar-refractivity contribution in [3.63, 3.8) is 0 Å². The highest BCUT2D eigenvalue weighted by Gasteiger charge is 2.18. The summed E-state index contributed by atoms with van der Waals surface area (Å²) in [7, 11) is 0. The van der Waals surface area contributed by atoms with Crippen LogP contribution in [0.1, 0.15) is 25.3 Å². The number of hydrogen-bond donors (Lipinski definition) is 1. The number of para-hydroxylation sites is 1. The van der Waals surface area contributed by atoms with Gasteiger partial charge < -0.3 is 5.32 Å². The third-order valence-corrected chi connectivity index (χ3v) is 3.87. The zero-order valence-electron chi connectivity index (χ0n) is 9.33. The van der Waals surface area contributed by atoms with Crippen LogP contribution in [0, 0.1) is 0 Å². The fourth-order valence-electron chi connectivity index (χ4n) is 2.13. The SMILES string of the molecule is CCSCCCC1Cc2ccccc2N1. The second-order valence-electron chi connectivity index (χ2n) is 4.04. The minimum Gasteiger partial charge on any atom is -0.382 e. The first-order valence-electron chi connectivity index (χ1n) is 5.82. The van der Waals surface area contributed by atoms with E-state index in [0.29, 0.717) is 6.04 Å². The molecule has 0 radical (unpaired) electrons. The highest BCUT2D eigenvalue weighted by atomic mass is 32.2. The van der Waals surface area contributed by atoms with Gasteiger partial charge in [0.1, 0.15) is 0 Å². The molecule has 0 saturated heterocycles. The molecule has 1 nitrogen and oxygen atoms in total. The Labute approximate surface area is 96.7 Å². The molecule has 0 bridgehead atoms. The van der Waals surface area contributed by atoms with Crippen LogP contribution in [-0.4, -0.2) is 17.5 Å². The number of anilines is 1. The second kappa shape index (κ2) is 5.45. The van der Waals surface area contributed by atoms with Crippen LogP contribution in [0.5, 0.6) is 0 Å². The van der Waals surface area contributed by atoms with Crippen LogP contribution in [0.2, 0.25) is 0 Å². The van der Waals surface area contributed by atoms with Crippen LogP contribution in [0.3, 0.4) is 0 Å². The molecule has 0 aliphatic carbocycles. The molecule has 1 aliphatic rings. The number of fused-ring (bicyclic) bond motifs is 1. The van der Waals surface area contributed by atoms with Crippen molar-refractivity contribution in [2.45, 2.75) is 32.2 Å². The van der Waals surface area contributed by atoms with E-state index in [4.69, 9.17) is 0 Å². The second-order valence-corrected chi connectivity index (χ2v) is 5.44. The van der Waals surface area contributed by atoms with E-state index < -0.39 is 0 Å². The lowest BCUT2D eigenvalue weighted by atomic mass is 10.1. The summed E-state index contributed by atoms with van der Waals surface area (Å²) < 4.78 is 0. The molecule has 1 atom stereocenters. The van der Waals surface area contributed by atoms with Gasteiger partial charge in [-0.3, -0.25) is 0 Å². The lowest BCUT2D eigenvalue weighted by Gasteiger charge is -2.10. The van der Waals surface area contributed by atoms with Gasteiger partial charge in [0.25, 0.3) is 0 Å². The minimum absolute atomic E-state index is 0.680. The standard InChI is InChI=1S/C13H19NS/c1-2-15-9-5-7-12-10-11-6-3-4-8-13(11)14-12/h3-4,6,8,12,14H,2,5,7,9-10H2,1H3. The molecule has 1 N–H and O–H groups in total. The van der Waals surface area contributed by atoms with Crippen molar-refractivity contribution in [1.82, 2.24) is 0 Å². The molecule has 1 aromatic carbocycles. The Morgan fingerprint density at radius 1 is 1.40 bits per heavy atom. The minimum atomic E-state index is 0.680. The third kappa shape index (κ3) is 2.91. The van der Waals surface area contributed by atoms with E-state index in [1.807, 2.05) is 11.8 Å². The zero-order chi connectivity index (χ0) is 10.5. The van der Waals surface area contributed by atoms with Crippen LogP contribution < -0.4 is 5.32 Å². The summed E-state index contributed by atoms with van der Waals surface area (Å²) in [5.41, 5.74) is 2.84. The largest absolute Gasteiger partial charge is 0.382 e. The average Bonchev–Trinajstić information content (AvgIpc) is 2.67. The Balaban J connectivity index is 1.76. The summed E-state index contributed by atoms with van der Waals surface area (Å²) in [6.45, 7) is 2.23. The summed E-state index contributed by atoms with van der Waals surface area (Å²) in [5, 5.41) is 3.60. The van der Waals surface area contributed by atoms with Gasteiger partial charge in [-0.15, -0.1) is 0 Å². The summed E-state index contributed by atoms with van der Waals surface area (Å²) in [6, 6.07) is 9.36. The van der Waals surface area contributed by atoms with Gasteiger partial charge in [-0.05, 0) is 42.4 Å². The van der Waals surface area contributed by atoms with Gasteiger partial charge in [0.2, 0.25) is 0 Å². The van der Waals surface area contributed by atoms with Crippen LogP contribution in [0.15, 0.2) is 24.3 Å². The van der Waals surface area contributed by atoms with Crippen molar-refractivity contribution in [2.75, 3.05) is 16.8 Å². The lowest BCUT2D eigenvalue weighted by molar-refractivity contribution is 0.665. The maximum atomic E-state index is 3.60. The fourth-order valence-corrected chi connectivity index (χ4v) is 2.79. The molecule has 1 unspecified atom stereocenters. The number of benzene rings is 1. The molecule has 2 heteroatoms. The lowest BCUT2D eigenvalue weighted by Crippen LogP contribution is -2.15. The Bertz CT molecular complexity index is 286. The highest BCUT2D eigenvalue weighted by Crippen LogP contribution is 2.27. The summed E-state index contributed by atoms with van der Waals surface area (Å²) >= 11 is 2.05. The van der Waals surface area contributed by atoms with E-state index in [9.17, 15) is 0 Å². The monoisotopic (exact) mass is 221 g/mol. The quantitative estimate of drug-likeness (QED) is 0.763. The molecule has 0 spiro atoms. The Morgan fingerprint density at radius 3 is 3.07 bits per heavy atom. The predicted octanol–water partition coefficient (Wildman–Crippen LogP) is 3.56. The number of rotatable bonds is 5. The summed E-state index contributed by atoms with van der Waals surface area (Å²) in [5.74, 6) is 2.56. The van der Waals surface area contributed by atoms with Crippen LogP contribution in [0.4, 0.5) is 5.69 Å². The van der Waals surface area contributed by atoms with Gasteiger partial charge in [-0.2, -0.15) is 11.8 Å². The molecule has 1 heterocycles. The van der Waals surface area contributed by atoms with Crippen molar-refractivity contribution >= 4 is 17.4 Å². The summed E-state index contributed by atoms with van der Waals surface area (Å²) in [6.07, 6.45) is 3.86. The Hall–Kier alpha value is -0.630. The van der Waals surface area contributed by atoms with E-state index >= 15 is 0 Å². The summed E-state index contributed by atoms with van der Waals surface area (Å²) in [4.78, 5) is 0. The molecular weight excluding hydrogens is 202 g/mol. The normalized spacial score (nSPS) is 18.6. The molecule has 1 aromatic rings. The molecule has 0 amide bonds. The van der Waals surface area contributed by atoms with Crippen LogP contribution in [-0.2, 0) is 6.42 Å². The van der Waals surface area contributed by atoms with Gasteiger partial charge in [-0.1, -0.05) is 25.1 Å². The first-order chi connectivity index (χ1) is 7.40. The van der Waals surface area contributed by atoms with E-state index in [1.165, 1.54) is 42.0 Å². The van der Waals surface area contributed by atoms with Gasteiger partial charge in [-0.25, -0.2) is 0 Å². The van der Waals surface area contributed by atoms with Gasteiger partial charge in [0, 0.05) is 11.7 Å². The zero-order valence-corrected chi connectivity index (χ0v) is 10.1. The molecule has 0 aromatic heterocycles. The molecule has 0 fully saturated rings. The van der Waals surface area contributed by atoms with E-state index in [-0.39, 0.29) is 0 Å². The molecule has 15 heavy (non-hydrogen) atoms. The molecule has 0 saturated carbocycles. The maximum Gasteiger partial charge on any atom is 0.0375 e. The van der Waals surface area contributed by atoms with Crippen LogP contribution in [0.25, 0.3) is 0 Å². The Morgan fingerprint density at radius 2 is 2.27 bits per heavy atom. The number of nitrogens with one attached hydrogen (secondary N) is 1. The van der Waals surface area contributed by atoms with E-state index in [1.54, 1.807) is 0 Å². The smallest absolute Gasteiger partial charge is 0.0375 e. The van der Waals surface area contributed by atoms with Crippen molar-refractivity contribution in [2.24, 2.45) is 0 Å². The maximum absolute atomic E-state index is 3.60. The van der Waals surface area contributed by atoms with Crippen molar-refractivity contribution in [1.29, 1.82) is 0 Å². The fraction of sp³-hybridized carbons (Fsp3) is 0.538. The van der Waals surface area contributed by atoms with Crippen molar-refractivity contribution < 1.29 is 0 Å². The highest BCUT2D eigenvalue weighted by molar-refractivity contribution is 7.99. The van der Waals surface area contributed by atoms with Crippen molar-refractivity contribution in [3.8, 4) is 0 Å². The van der Waals surface area contributed by atoms with Gasteiger partial charge >= 0.3 is 0 Å². The predicted molar refractivity (Wildman–Crippen MR) is 69.8 cm³/mol. The first-order valence-corrected chi connectivity index (χ1v) is 6.98. The van der Waals surface area contributed by atoms with Gasteiger partial charge in [0.15, 0.2) is 0 Å². The topological polar surface area (TPSA) is 12.0 Å². The van der Waals surface area contributed by atoms with Crippen LogP contribution >= 0.6 is 11.8 Å². The van der Waals surface area contributed by atoms with Gasteiger partial charge in [0.05, 0.1) is 0 Å². The van der Waals surface area contributed by atoms with Crippen molar-refractivity contribution in [3.05, 3.63) is 29.8 Å². The van der Waals surface area contributed by atoms with E-state index in [2.05, 4.69) is 36.5 Å². The third-order valence-electron chi connectivity index (χ3n) is 2.89.